The lowest BCUT2D eigenvalue weighted by molar-refractivity contribution is -0.00461. The molecule has 0 radical (unpaired) electrons. The van der Waals surface area contributed by atoms with Crippen LogP contribution in [0.3, 0.4) is 0 Å². The molecule has 3 rings (SSSR count). The highest BCUT2D eigenvalue weighted by Crippen LogP contribution is 2.32. The van der Waals surface area contributed by atoms with Crippen LogP contribution in [0.5, 0.6) is 0 Å². The van der Waals surface area contributed by atoms with Crippen LogP contribution < -0.4 is 16.2 Å². The van der Waals surface area contributed by atoms with Crippen molar-refractivity contribution in [3.63, 3.8) is 0 Å². The summed E-state index contributed by atoms with van der Waals surface area (Å²) in [6.45, 7) is 3.82. The number of hydrogen-bond acceptors (Lipinski definition) is 5. The summed E-state index contributed by atoms with van der Waals surface area (Å²) in [5, 5.41) is 0.519. The van der Waals surface area contributed by atoms with E-state index in [4.69, 9.17) is 10.5 Å². The third-order valence-electron chi connectivity index (χ3n) is 4.28. The zero-order valence-corrected chi connectivity index (χ0v) is 12.3. The van der Waals surface area contributed by atoms with Gasteiger partial charge in [0.2, 0.25) is 0 Å². The number of anilines is 2. The van der Waals surface area contributed by atoms with Crippen molar-refractivity contribution in [2.24, 2.45) is 0 Å². The number of aromatic amines is 1. The number of hydrogen-bond donors (Lipinski definition) is 2. The van der Waals surface area contributed by atoms with E-state index in [1.807, 2.05) is 6.07 Å². The number of methoxy groups -OCH3 is 1. The van der Waals surface area contributed by atoms with Gasteiger partial charge in [-0.05, 0) is 31.9 Å². The van der Waals surface area contributed by atoms with Crippen molar-refractivity contribution in [3.05, 3.63) is 28.8 Å². The van der Waals surface area contributed by atoms with E-state index in [1.165, 1.54) is 6.33 Å². The molecule has 0 saturated carbocycles. The highest BCUT2D eigenvalue weighted by Gasteiger charge is 2.31. The van der Waals surface area contributed by atoms with Crippen LogP contribution in [0, 0.1) is 0 Å². The first-order valence-electron chi connectivity index (χ1n) is 7.09. The Bertz CT molecular complexity index is 727. The second-order valence-electron chi connectivity index (χ2n) is 5.84. The summed E-state index contributed by atoms with van der Waals surface area (Å²) in [5.74, 6) is 0. The number of piperidine rings is 1. The number of nitrogens with zero attached hydrogens (tertiary/aromatic N) is 2. The number of ether oxygens (including phenoxy) is 1. The van der Waals surface area contributed by atoms with E-state index in [-0.39, 0.29) is 11.2 Å². The van der Waals surface area contributed by atoms with Gasteiger partial charge in [0.1, 0.15) is 0 Å². The first kappa shape index (κ1) is 13.9. The quantitative estimate of drug-likeness (QED) is 0.818. The molecule has 0 spiro atoms. The van der Waals surface area contributed by atoms with Crippen LogP contribution in [0.1, 0.15) is 19.8 Å². The minimum Gasteiger partial charge on any atom is -0.397 e. The third kappa shape index (κ3) is 2.47. The molecule has 1 aromatic carbocycles. The van der Waals surface area contributed by atoms with Gasteiger partial charge in [-0.25, -0.2) is 4.98 Å². The first-order chi connectivity index (χ1) is 10.0. The van der Waals surface area contributed by atoms with Crippen molar-refractivity contribution in [2.75, 3.05) is 30.8 Å². The van der Waals surface area contributed by atoms with Gasteiger partial charge in [-0.2, -0.15) is 0 Å². The topological polar surface area (TPSA) is 84.2 Å². The Kier molecular flexibility index (Phi) is 3.33. The monoisotopic (exact) mass is 288 g/mol. The van der Waals surface area contributed by atoms with Gasteiger partial charge < -0.3 is 20.4 Å². The second kappa shape index (κ2) is 5.04. The van der Waals surface area contributed by atoms with Crippen LogP contribution in [0.15, 0.2) is 23.3 Å². The van der Waals surface area contributed by atoms with E-state index < -0.39 is 0 Å². The van der Waals surface area contributed by atoms with Crippen molar-refractivity contribution in [1.29, 1.82) is 0 Å². The summed E-state index contributed by atoms with van der Waals surface area (Å²) in [5.41, 5.74) is 8.00. The fraction of sp³-hybridized carbons (Fsp3) is 0.467. The van der Waals surface area contributed by atoms with Gasteiger partial charge in [0, 0.05) is 20.2 Å². The fourth-order valence-electron chi connectivity index (χ4n) is 2.97. The van der Waals surface area contributed by atoms with E-state index >= 15 is 0 Å². The van der Waals surface area contributed by atoms with E-state index in [2.05, 4.69) is 21.8 Å². The lowest BCUT2D eigenvalue weighted by Crippen LogP contribution is -2.47. The number of nitrogens with two attached hydrogens (primary N) is 1. The summed E-state index contributed by atoms with van der Waals surface area (Å²) in [7, 11) is 1.74. The molecule has 1 atom stereocenters. The van der Waals surface area contributed by atoms with Gasteiger partial charge in [0.25, 0.3) is 5.56 Å². The zero-order chi connectivity index (χ0) is 15.0. The van der Waals surface area contributed by atoms with Gasteiger partial charge in [0.15, 0.2) is 0 Å². The predicted octanol–water partition coefficient (Wildman–Crippen LogP) is 1.51. The maximum absolute atomic E-state index is 11.8. The summed E-state index contributed by atoms with van der Waals surface area (Å²) in [6, 6.07) is 3.59. The molecule has 0 amide bonds. The molecule has 1 aliphatic heterocycles. The van der Waals surface area contributed by atoms with Crippen molar-refractivity contribution in [2.45, 2.75) is 25.4 Å². The molecule has 2 heterocycles. The molecular weight excluding hydrogens is 268 g/mol. The Morgan fingerprint density at radius 3 is 3.05 bits per heavy atom. The highest BCUT2D eigenvalue weighted by molar-refractivity contribution is 5.88. The molecule has 3 N–H and O–H groups in total. The Morgan fingerprint density at radius 1 is 1.48 bits per heavy atom. The summed E-state index contributed by atoms with van der Waals surface area (Å²) < 4.78 is 5.62. The number of fused-ring (bicyclic) bond motifs is 1. The minimum atomic E-state index is -0.168. The van der Waals surface area contributed by atoms with Crippen molar-refractivity contribution in [3.8, 4) is 0 Å². The maximum atomic E-state index is 11.8. The number of benzene rings is 1. The average Bonchev–Trinajstić information content (AvgIpc) is 2.48. The molecule has 0 bridgehead atoms. The highest BCUT2D eigenvalue weighted by atomic mass is 16.5. The largest absolute Gasteiger partial charge is 0.397 e. The smallest absolute Gasteiger partial charge is 0.258 e. The summed E-state index contributed by atoms with van der Waals surface area (Å²) in [6.07, 6.45) is 3.50. The molecule has 1 saturated heterocycles. The van der Waals surface area contributed by atoms with E-state index in [9.17, 15) is 4.79 Å². The molecule has 1 aromatic heterocycles. The second-order valence-corrected chi connectivity index (χ2v) is 5.84. The molecular formula is C15H20N4O2. The third-order valence-corrected chi connectivity index (χ3v) is 4.28. The van der Waals surface area contributed by atoms with Crippen molar-refractivity contribution >= 4 is 22.3 Å². The Hall–Kier alpha value is -2.08. The molecule has 112 valence electrons. The zero-order valence-electron chi connectivity index (χ0n) is 12.3. The van der Waals surface area contributed by atoms with Gasteiger partial charge in [0.05, 0.1) is 34.2 Å². The molecule has 21 heavy (non-hydrogen) atoms. The van der Waals surface area contributed by atoms with E-state index in [0.29, 0.717) is 16.6 Å². The van der Waals surface area contributed by atoms with Crippen LogP contribution in [-0.2, 0) is 4.74 Å². The summed E-state index contributed by atoms with van der Waals surface area (Å²) >= 11 is 0. The standard InChI is InChI=1S/C15H20N4O2/c1-15(21-2)4-3-5-19(8-15)13-7-12-10(6-11(13)16)14(20)18-9-17-12/h6-7,9H,3-5,8,16H2,1-2H3,(H,17,18,20). The molecule has 6 heteroatoms. The van der Waals surface area contributed by atoms with Crippen LogP contribution in [0.25, 0.3) is 10.9 Å². The molecule has 1 fully saturated rings. The lowest BCUT2D eigenvalue weighted by Gasteiger charge is -2.41. The Morgan fingerprint density at radius 2 is 2.29 bits per heavy atom. The number of aromatic nitrogens is 2. The van der Waals surface area contributed by atoms with Crippen LogP contribution in [0.2, 0.25) is 0 Å². The van der Waals surface area contributed by atoms with Gasteiger partial charge in [-0.15, -0.1) is 0 Å². The van der Waals surface area contributed by atoms with Gasteiger partial charge in [-0.1, -0.05) is 0 Å². The minimum absolute atomic E-state index is 0.165. The molecule has 1 aliphatic rings. The normalized spacial score (nSPS) is 22.7. The number of nitrogens with one attached hydrogen (secondary N) is 1. The van der Waals surface area contributed by atoms with E-state index in [1.54, 1.807) is 13.2 Å². The van der Waals surface area contributed by atoms with Crippen LogP contribution in [0.4, 0.5) is 11.4 Å². The number of nitrogen functional groups attached to an aromatic ring is 1. The van der Waals surface area contributed by atoms with Gasteiger partial charge >= 0.3 is 0 Å². The van der Waals surface area contributed by atoms with Crippen molar-refractivity contribution < 1.29 is 4.74 Å². The van der Waals surface area contributed by atoms with Crippen molar-refractivity contribution in [1.82, 2.24) is 9.97 Å². The predicted molar refractivity (Wildman–Crippen MR) is 83.6 cm³/mol. The number of H-pyrrole nitrogens is 1. The SMILES string of the molecule is COC1(C)CCCN(c2cc3nc[nH]c(=O)c3cc2N)C1. The number of rotatable bonds is 2. The van der Waals surface area contributed by atoms with E-state index in [0.717, 1.165) is 31.6 Å². The molecule has 0 aliphatic carbocycles. The first-order valence-corrected chi connectivity index (χ1v) is 7.09. The van der Waals surface area contributed by atoms with Crippen LogP contribution >= 0.6 is 0 Å². The Labute approximate surface area is 122 Å². The lowest BCUT2D eigenvalue weighted by atomic mass is 9.94. The molecule has 1 unspecified atom stereocenters. The maximum Gasteiger partial charge on any atom is 0.258 e. The average molecular weight is 288 g/mol. The summed E-state index contributed by atoms with van der Waals surface area (Å²) in [4.78, 5) is 20.8. The molecule has 2 aromatic rings. The Balaban J connectivity index is 2.04. The van der Waals surface area contributed by atoms with Crippen LogP contribution in [-0.4, -0.2) is 35.8 Å². The fourth-order valence-corrected chi connectivity index (χ4v) is 2.97. The van der Waals surface area contributed by atoms with Gasteiger partial charge in [-0.3, -0.25) is 4.79 Å². The molecule has 6 nitrogen and oxygen atoms in total.